The van der Waals surface area contributed by atoms with E-state index in [-0.39, 0.29) is 0 Å². The topological polar surface area (TPSA) is 4.93 Å². The van der Waals surface area contributed by atoms with E-state index in [1.165, 1.54) is 5.56 Å². The van der Waals surface area contributed by atoms with Gasteiger partial charge in [0.15, 0.2) is 0 Å². The van der Waals surface area contributed by atoms with Gasteiger partial charge in [0.2, 0.25) is 0 Å². The van der Waals surface area contributed by atoms with Crippen LogP contribution in [0.25, 0.3) is 12.2 Å². The summed E-state index contributed by atoms with van der Waals surface area (Å²) >= 11 is 0. The van der Waals surface area contributed by atoms with E-state index in [1.807, 2.05) is 23.8 Å². The Hall–Kier alpha value is -1.46. The highest BCUT2D eigenvalue weighted by Gasteiger charge is 2.04. The molecule has 0 atom stereocenters. The fourth-order valence-electron chi connectivity index (χ4n) is 1.37. The summed E-state index contributed by atoms with van der Waals surface area (Å²) < 4.78 is 2.05. The highest BCUT2D eigenvalue weighted by Crippen LogP contribution is 2.17. The van der Waals surface area contributed by atoms with Crippen molar-refractivity contribution >= 4 is 12.2 Å². The number of hydrogen-bond donors (Lipinski definition) is 0. The third-order valence-corrected chi connectivity index (χ3v) is 1.91. The summed E-state index contributed by atoms with van der Waals surface area (Å²) in [5, 5.41) is 0. The normalized spacial score (nSPS) is 9.17. The Balaban J connectivity index is 3.41. The van der Waals surface area contributed by atoms with Crippen LogP contribution in [0.5, 0.6) is 0 Å². The SMILES string of the molecule is C=C=Cc1c(C)cn(C)c1C=C. The van der Waals surface area contributed by atoms with Crippen LogP contribution in [0.4, 0.5) is 0 Å². The minimum Gasteiger partial charge on any atom is -0.350 e. The fraction of sp³-hybridized carbons (Fsp3) is 0.182. The van der Waals surface area contributed by atoms with Gasteiger partial charge in [-0.2, -0.15) is 0 Å². The molecule has 1 heteroatoms. The van der Waals surface area contributed by atoms with Crippen molar-refractivity contribution in [3.63, 3.8) is 0 Å². The predicted octanol–water partition coefficient (Wildman–Crippen LogP) is 2.77. The first-order chi connectivity index (χ1) is 5.70. The zero-order chi connectivity index (χ0) is 9.14. The van der Waals surface area contributed by atoms with Gasteiger partial charge in [-0.15, -0.1) is 5.73 Å². The molecule has 0 fully saturated rings. The molecule has 0 saturated carbocycles. The Bertz CT molecular complexity index is 349. The van der Waals surface area contributed by atoms with E-state index >= 15 is 0 Å². The summed E-state index contributed by atoms with van der Waals surface area (Å²) in [5.74, 6) is 0. The third kappa shape index (κ3) is 1.27. The van der Waals surface area contributed by atoms with Crippen molar-refractivity contribution in [2.75, 3.05) is 0 Å². The zero-order valence-corrected chi connectivity index (χ0v) is 7.59. The molecule has 0 unspecified atom stereocenters. The average molecular weight is 159 g/mol. The molecule has 0 N–H and O–H groups in total. The Morgan fingerprint density at radius 2 is 2.25 bits per heavy atom. The maximum Gasteiger partial charge on any atom is 0.0480 e. The highest BCUT2D eigenvalue weighted by atomic mass is 14.9. The summed E-state index contributed by atoms with van der Waals surface area (Å²) in [7, 11) is 2.00. The smallest absolute Gasteiger partial charge is 0.0480 e. The maximum absolute atomic E-state index is 3.76. The van der Waals surface area contributed by atoms with Gasteiger partial charge in [-0.25, -0.2) is 0 Å². The molecule has 0 bridgehead atoms. The standard InChI is InChI=1S/C11H13N/c1-5-7-10-9(3)8-12(4)11(10)6-2/h6-8H,1-2H2,3-4H3. The van der Waals surface area contributed by atoms with Crippen LogP contribution in [0.3, 0.4) is 0 Å². The molecule has 0 aliphatic carbocycles. The van der Waals surface area contributed by atoms with Crippen LogP contribution in [0, 0.1) is 6.92 Å². The number of rotatable bonds is 2. The van der Waals surface area contributed by atoms with E-state index in [0.717, 1.165) is 11.3 Å². The molecule has 0 saturated heterocycles. The van der Waals surface area contributed by atoms with Gasteiger partial charge in [0.1, 0.15) is 0 Å². The average Bonchev–Trinajstić information content (AvgIpc) is 2.28. The zero-order valence-electron chi connectivity index (χ0n) is 7.59. The fourth-order valence-corrected chi connectivity index (χ4v) is 1.37. The van der Waals surface area contributed by atoms with Gasteiger partial charge in [-0.05, 0) is 24.6 Å². The maximum atomic E-state index is 3.76. The molecule has 0 aromatic carbocycles. The molecule has 0 spiro atoms. The van der Waals surface area contributed by atoms with Gasteiger partial charge in [0.05, 0.1) is 0 Å². The number of nitrogens with zero attached hydrogens (tertiary/aromatic N) is 1. The number of hydrogen-bond acceptors (Lipinski definition) is 0. The van der Waals surface area contributed by atoms with Gasteiger partial charge in [-0.3, -0.25) is 0 Å². The molecule has 1 aromatic heterocycles. The van der Waals surface area contributed by atoms with E-state index in [4.69, 9.17) is 0 Å². The molecule has 1 aromatic rings. The van der Waals surface area contributed by atoms with Crippen molar-refractivity contribution in [2.24, 2.45) is 7.05 Å². The first kappa shape index (κ1) is 8.63. The Morgan fingerprint density at radius 1 is 1.58 bits per heavy atom. The second-order valence-corrected chi connectivity index (χ2v) is 2.77. The van der Waals surface area contributed by atoms with E-state index in [1.54, 1.807) is 0 Å². The quantitative estimate of drug-likeness (QED) is 0.585. The lowest BCUT2D eigenvalue weighted by Crippen LogP contribution is -1.88. The van der Waals surface area contributed by atoms with E-state index in [0.29, 0.717) is 0 Å². The Kier molecular flexibility index (Phi) is 2.37. The highest BCUT2D eigenvalue weighted by molar-refractivity contribution is 5.65. The summed E-state index contributed by atoms with van der Waals surface area (Å²) in [6.07, 6.45) is 5.79. The molecule has 1 heterocycles. The monoisotopic (exact) mass is 159 g/mol. The van der Waals surface area contributed by atoms with Gasteiger partial charge in [-0.1, -0.05) is 13.2 Å². The van der Waals surface area contributed by atoms with Crippen LogP contribution < -0.4 is 0 Å². The van der Waals surface area contributed by atoms with Gasteiger partial charge in [0, 0.05) is 24.5 Å². The molecule has 0 aliphatic heterocycles. The van der Waals surface area contributed by atoms with Gasteiger partial charge >= 0.3 is 0 Å². The van der Waals surface area contributed by atoms with Crippen molar-refractivity contribution in [1.29, 1.82) is 0 Å². The number of aryl methyl sites for hydroxylation is 2. The lowest BCUT2D eigenvalue weighted by atomic mass is 10.1. The van der Waals surface area contributed by atoms with Crippen molar-refractivity contribution in [3.05, 3.63) is 41.9 Å². The predicted molar refractivity (Wildman–Crippen MR) is 53.8 cm³/mol. The van der Waals surface area contributed by atoms with Crippen molar-refractivity contribution in [1.82, 2.24) is 4.57 Å². The second kappa shape index (κ2) is 3.29. The minimum atomic E-state index is 1.11. The van der Waals surface area contributed by atoms with Crippen LogP contribution in [0.2, 0.25) is 0 Å². The molecule has 12 heavy (non-hydrogen) atoms. The van der Waals surface area contributed by atoms with Gasteiger partial charge in [0.25, 0.3) is 0 Å². The third-order valence-electron chi connectivity index (χ3n) is 1.91. The minimum absolute atomic E-state index is 1.11. The summed E-state index contributed by atoms with van der Waals surface area (Å²) in [6.45, 7) is 9.38. The van der Waals surface area contributed by atoms with Crippen molar-refractivity contribution < 1.29 is 0 Å². The van der Waals surface area contributed by atoms with Crippen LogP contribution in [-0.4, -0.2) is 4.57 Å². The molecule has 62 valence electrons. The van der Waals surface area contributed by atoms with Gasteiger partial charge < -0.3 is 4.57 Å². The number of aromatic nitrogens is 1. The molecule has 0 aliphatic rings. The van der Waals surface area contributed by atoms with Crippen LogP contribution in [0.1, 0.15) is 16.8 Å². The molecule has 0 radical (unpaired) electrons. The molecule has 0 amide bonds. The second-order valence-electron chi connectivity index (χ2n) is 2.77. The van der Waals surface area contributed by atoms with Crippen molar-refractivity contribution in [3.8, 4) is 0 Å². The first-order valence-corrected chi connectivity index (χ1v) is 3.85. The largest absolute Gasteiger partial charge is 0.350 e. The molecule has 1 rings (SSSR count). The first-order valence-electron chi connectivity index (χ1n) is 3.85. The van der Waals surface area contributed by atoms with E-state index < -0.39 is 0 Å². The van der Waals surface area contributed by atoms with Crippen LogP contribution in [-0.2, 0) is 7.05 Å². The molecular formula is C11H13N. The summed E-state index contributed by atoms with van der Waals surface area (Å²) in [6, 6.07) is 0. The lowest BCUT2D eigenvalue weighted by Gasteiger charge is -1.96. The molecular weight excluding hydrogens is 146 g/mol. The Labute approximate surface area is 73.3 Å². The molecule has 1 nitrogen and oxygen atoms in total. The van der Waals surface area contributed by atoms with Crippen LogP contribution in [0.15, 0.2) is 25.1 Å². The van der Waals surface area contributed by atoms with E-state index in [2.05, 4.69) is 32.0 Å². The van der Waals surface area contributed by atoms with Crippen LogP contribution >= 0.6 is 0 Å². The lowest BCUT2D eigenvalue weighted by molar-refractivity contribution is 0.912. The summed E-state index contributed by atoms with van der Waals surface area (Å²) in [5.41, 5.74) is 6.27. The van der Waals surface area contributed by atoms with Crippen molar-refractivity contribution in [2.45, 2.75) is 6.92 Å². The Morgan fingerprint density at radius 3 is 2.75 bits per heavy atom. The van der Waals surface area contributed by atoms with E-state index in [9.17, 15) is 0 Å². The summed E-state index contributed by atoms with van der Waals surface area (Å²) in [4.78, 5) is 0.